The van der Waals surface area contributed by atoms with Gasteiger partial charge in [0.1, 0.15) is 5.82 Å². The van der Waals surface area contributed by atoms with Gasteiger partial charge in [-0.05, 0) is 18.2 Å². The summed E-state index contributed by atoms with van der Waals surface area (Å²) in [6, 6.07) is 12.6. The molecule has 3 nitrogen and oxygen atoms in total. The molecule has 0 atom stereocenters. The molecule has 0 saturated heterocycles. The molecular formula is C15H18FN3. The third kappa shape index (κ3) is 4.12. The monoisotopic (exact) mass is 259 g/mol. The summed E-state index contributed by atoms with van der Waals surface area (Å²) in [4.78, 5) is 6.39. The number of nitrogens with zero attached hydrogens (tertiary/aromatic N) is 2. The lowest BCUT2D eigenvalue weighted by Crippen LogP contribution is -2.29. The van der Waals surface area contributed by atoms with Crippen molar-refractivity contribution in [1.82, 2.24) is 9.88 Å². The maximum atomic E-state index is 13.7. The zero-order chi connectivity index (χ0) is 13.5. The van der Waals surface area contributed by atoms with E-state index in [2.05, 4.69) is 9.88 Å². The molecular weight excluding hydrogens is 241 g/mol. The average Bonchev–Trinajstić information content (AvgIpc) is 2.43. The van der Waals surface area contributed by atoms with Gasteiger partial charge >= 0.3 is 0 Å². The number of halogens is 1. The fourth-order valence-electron chi connectivity index (χ4n) is 1.98. The molecule has 19 heavy (non-hydrogen) atoms. The molecule has 4 heteroatoms. The Morgan fingerprint density at radius 3 is 2.53 bits per heavy atom. The molecule has 2 N–H and O–H groups in total. The minimum atomic E-state index is -0.175. The minimum Gasteiger partial charge on any atom is -0.329 e. The zero-order valence-corrected chi connectivity index (χ0v) is 10.8. The Kier molecular flexibility index (Phi) is 5.01. The van der Waals surface area contributed by atoms with Crippen LogP contribution in [0.1, 0.15) is 11.3 Å². The maximum Gasteiger partial charge on any atom is 0.127 e. The van der Waals surface area contributed by atoms with Crippen molar-refractivity contribution in [2.75, 3.05) is 13.1 Å². The van der Waals surface area contributed by atoms with Crippen molar-refractivity contribution in [2.45, 2.75) is 13.1 Å². The maximum absolute atomic E-state index is 13.7. The summed E-state index contributed by atoms with van der Waals surface area (Å²) in [5.74, 6) is -0.175. The van der Waals surface area contributed by atoms with Crippen molar-refractivity contribution in [3.8, 4) is 0 Å². The van der Waals surface area contributed by atoms with Crippen LogP contribution in [0.4, 0.5) is 4.39 Å². The Morgan fingerprint density at radius 2 is 1.84 bits per heavy atom. The molecule has 0 unspecified atom stereocenters. The highest BCUT2D eigenvalue weighted by Crippen LogP contribution is 2.11. The van der Waals surface area contributed by atoms with Crippen LogP contribution in [0.15, 0.2) is 48.7 Å². The average molecular weight is 259 g/mol. The molecule has 0 spiro atoms. The number of hydrogen-bond acceptors (Lipinski definition) is 3. The Balaban J connectivity index is 2.06. The summed E-state index contributed by atoms with van der Waals surface area (Å²) < 4.78 is 13.7. The lowest BCUT2D eigenvalue weighted by Gasteiger charge is -2.21. The smallest absolute Gasteiger partial charge is 0.127 e. The van der Waals surface area contributed by atoms with Crippen LogP contribution in [0, 0.1) is 5.82 Å². The van der Waals surface area contributed by atoms with E-state index in [4.69, 9.17) is 5.73 Å². The predicted octanol–water partition coefficient (Wildman–Crippen LogP) is 2.18. The Bertz CT molecular complexity index is 502. The third-order valence-corrected chi connectivity index (χ3v) is 2.91. The van der Waals surface area contributed by atoms with Crippen LogP contribution in [0.2, 0.25) is 0 Å². The van der Waals surface area contributed by atoms with E-state index in [0.29, 0.717) is 31.7 Å². The van der Waals surface area contributed by atoms with Crippen LogP contribution in [0.5, 0.6) is 0 Å². The summed E-state index contributed by atoms with van der Waals surface area (Å²) in [6.45, 7) is 2.47. The highest BCUT2D eigenvalue weighted by Gasteiger charge is 2.09. The van der Waals surface area contributed by atoms with Gasteiger partial charge in [-0.25, -0.2) is 4.39 Å². The van der Waals surface area contributed by atoms with Crippen molar-refractivity contribution < 1.29 is 4.39 Å². The van der Waals surface area contributed by atoms with Gasteiger partial charge in [-0.3, -0.25) is 9.88 Å². The van der Waals surface area contributed by atoms with Crippen molar-refractivity contribution >= 4 is 0 Å². The Morgan fingerprint density at radius 1 is 1.05 bits per heavy atom. The van der Waals surface area contributed by atoms with Gasteiger partial charge < -0.3 is 5.73 Å². The number of nitrogens with two attached hydrogens (primary N) is 1. The predicted molar refractivity (Wildman–Crippen MR) is 73.8 cm³/mol. The second-order valence-electron chi connectivity index (χ2n) is 4.41. The van der Waals surface area contributed by atoms with Crippen LogP contribution >= 0.6 is 0 Å². The molecule has 1 heterocycles. The molecule has 0 aliphatic carbocycles. The molecule has 0 radical (unpaired) electrons. The van der Waals surface area contributed by atoms with Gasteiger partial charge in [0, 0.05) is 37.9 Å². The summed E-state index contributed by atoms with van der Waals surface area (Å²) in [7, 11) is 0. The number of hydrogen-bond donors (Lipinski definition) is 1. The van der Waals surface area contributed by atoms with Crippen LogP contribution in [0.25, 0.3) is 0 Å². The first-order valence-electron chi connectivity index (χ1n) is 6.35. The summed E-state index contributed by atoms with van der Waals surface area (Å²) in [5, 5.41) is 0. The molecule has 0 bridgehead atoms. The number of pyridine rings is 1. The lowest BCUT2D eigenvalue weighted by atomic mass is 10.2. The van der Waals surface area contributed by atoms with Gasteiger partial charge in [0.25, 0.3) is 0 Å². The summed E-state index contributed by atoms with van der Waals surface area (Å²) >= 11 is 0. The van der Waals surface area contributed by atoms with Crippen LogP contribution in [0.3, 0.4) is 0 Å². The van der Waals surface area contributed by atoms with Gasteiger partial charge in [0.05, 0.1) is 5.69 Å². The quantitative estimate of drug-likeness (QED) is 0.864. The van der Waals surface area contributed by atoms with Crippen molar-refractivity contribution in [1.29, 1.82) is 0 Å². The van der Waals surface area contributed by atoms with E-state index >= 15 is 0 Å². The first-order valence-corrected chi connectivity index (χ1v) is 6.35. The van der Waals surface area contributed by atoms with Gasteiger partial charge in [-0.1, -0.05) is 24.3 Å². The Hall–Kier alpha value is -1.78. The first-order chi connectivity index (χ1) is 9.29. The van der Waals surface area contributed by atoms with Crippen molar-refractivity contribution in [3.05, 3.63) is 65.7 Å². The third-order valence-electron chi connectivity index (χ3n) is 2.91. The zero-order valence-electron chi connectivity index (χ0n) is 10.8. The number of rotatable bonds is 6. The number of benzene rings is 1. The summed E-state index contributed by atoms with van der Waals surface area (Å²) in [5.41, 5.74) is 7.27. The fraction of sp³-hybridized carbons (Fsp3) is 0.267. The molecule has 1 aromatic heterocycles. The highest BCUT2D eigenvalue weighted by molar-refractivity contribution is 5.17. The van der Waals surface area contributed by atoms with Gasteiger partial charge in [-0.15, -0.1) is 0 Å². The molecule has 2 rings (SSSR count). The van der Waals surface area contributed by atoms with E-state index < -0.39 is 0 Å². The van der Waals surface area contributed by atoms with E-state index in [0.717, 1.165) is 5.69 Å². The molecule has 0 fully saturated rings. The SMILES string of the molecule is NCCN(Cc1ccccn1)Cc1ccccc1F. The molecule has 100 valence electrons. The minimum absolute atomic E-state index is 0.175. The molecule has 0 aliphatic heterocycles. The largest absolute Gasteiger partial charge is 0.329 e. The number of aromatic nitrogens is 1. The molecule has 1 aromatic carbocycles. The normalized spacial score (nSPS) is 10.9. The van der Waals surface area contributed by atoms with Crippen LogP contribution in [-0.2, 0) is 13.1 Å². The standard InChI is InChI=1S/C15H18FN3/c16-15-7-2-1-5-13(15)11-19(10-8-17)12-14-6-3-4-9-18-14/h1-7,9H,8,10-12,17H2. The summed E-state index contributed by atoms with van der Waals surface area (Å²) in [6.07, 6.45) is 1.76. The second-order valence-corrected chi connectivity index (χ2v) is 4.41. The van der Waals surface area contributed by atoms with Crippen LogP contribution < -0.4 is 5.73 Å². The lowest BCUT2D eigenvalue weighted by molar-refractivity contribution is 0.257. The molecule has 2 aromatic rings. The van der Waals surface area contributed by atoms with E-state index in [-0.39, 0.29) is 5.82 Å². The van der Waals surface area contributed by atoms with E-state index in [1.807, 2.05) is 24.3 Å². The van der Waals surface area contributed by atoms with Gasteiger partial charge in [0.15, 0.2) is 0 Å². The van der Waals surface area contributed by atoms with Gasteiger partial charge in [0.2, 0.25) is 0 Å². The highest BCUT2D eigenvalue weighted by atomic mass is 19.1. The molecule has 0 amide bonds. The fourth-order valence-corrected chi connectivity index (χ4v) is 1.98. The Labute approximate surface area is 112 Å². The second kappa shape index (κ2) is 6.97. The van der Waals surface area contributed by atoms with Gasteiger partial charge in [-0.2, -0.15) is 0 Å². The van der Waals surface area contributed by atoms with E-state index in [9.17, 15) is 4.39 Å². The van der Waals surface area contributed by atoms with Crippen LogP contribution in [-0.4, -0.2) is 23.0 Å². The first kappa shape index (κ1) is 13.6. The molecule has 0 aliphatic rings. The molecule has 0 saturated carbocycles. The topological polar surface area (TPSA) is 42.1 Å². The van der Waals surface area contributed by atoms with Crippen molar-refractivity contribution in [3.63, 3.8) is 0 Å². The van der Waals surface area contributed by atoms with E-state index in [1.165, 1.54) is 6.07 Å². The van der Waals surface area contributed by atoms with E-state index in [1.54, 1.807) is 18.3 Å². The van der Waals surface area contributed by atoms with Crippen molar-refractivity contribution in [2.24, 2.45) is 5.73 Å².